The van der Waals surface area contributed by atoms with Crippen molar-refractivity contribution in [1.82, 2.24) is 5.32 Å². The molecule has 0 heterocycles. The molecule has 0 unspecified atom stereocenters. The van der Waals surface area contributed by atoms with Crippen LogP contribution in [0.1, 0.15) is 25.0 Å². The zero-order valence-electron chi connectivity index (χ0n) is 11.4. The Morgan fingerprint density at radius 3 is 2.50 bits per heavy atom. The molecule has 1 rings (SSSR count). The number of hydrogen-bond acceptors (Lipinski definition) is 4. The summed E-state index contributed by atoms with van der Waals surface area (Å²) in [4.78, 5) is 0. The van der Waals surface area contributed by atoms with Gasteiger partial charge in [0, 0.05) is 24.4 Å². The van der Waals surface area contributed by atoms with Gasteiger partial charge in [-0.25, -0.2) is 8.42 Å². The molecule has 0 aliphatic carbocycles. The number of benzene rings is 1. The Bertz CT molecular complexity index is 495. The van der Waals surface area contributed by atoms with Gasteiger partial charge in [-0.3, -0.25) is 0 Å². The molecule has 0 aromatic heterocycles. The first-order chi connectivity index (χ1) is 8.31. The summed E-state index contributed by atoms with van der Waals surface area (Å²) in [7, 11) is -1.51. The van der Waals surface area contributed by atoms with E-state index < -0.39 is 9.84 Å². The van der Waals surface area contributed by atoms with Crippen LogP contribution in [0.15, 0.2) is 18.2 Å². The molecule has 1 aromatic carbocycles. The van der Waals surface area contributed by atoms with Crippen molar-refractivity contribution in [2.45, 2.75) is 32.2 Å². The Balaban J connectivity index is 2.94. The number of nitrogens with one attached hydrogen (secondary N) is 1. The van der Waals surface area contributed by atoms with Crippen molar-refractivity contribution in [3.63, 3.8) is 0 Å². The highest BCUT2D eigenvalue weighted by Gasteiger charge is 2.11. The summed E-state index contributed by atoms with van der Waals surface area (Å²) in [5, 5.41) is 3.30. The number of methoxy groups -OCH3 is 1. The highest BCUT2D eigenvalue weighted by Crippen LogP contribution is 2.22. The van der Waals surface area contributed by atoms with Crippen LogP contribution in [0.4, 0.5) is 0 Å². The molecule has 1 aromatic rings. The minimum absolute atomic E-state index is 0.00565. The molecule has 0 amide bonds. The normalized spacial score (nSPS) is 11.8. The smallest absolute Gasteiger partial charge is 0.151 e. The maximum atomic E-state index is 11.4. The Morgan fingerprint density at radius 2 is 2.00 bits per heavy atom. The van der Waals surface area contributed by atoms with Crippen LogP contribution in [0.3, 0.4) is 0 Å². The molecule has 1 N–H and O–H groups in total. The van der Waals surface area contributed by atoms with Crippen LogP contribution >= 0.6 is 0 Å². The van der Waals surface area contributed by atoms with Gasteiger partial charge in [-0.2, -0.15) is 0 Å². The third-order valence-corrected chi connectivity index (χ3v) is 3.31. The molecule has 0 fully saturated rings. The molecule has 18 heavy (non-hydrogen) atoms. The van der Waals surface area contributed by atoms with Crippen LogP contribution in [-0.2, 0) is 22.1 Å². The molecule has 102 valence electrons. The van der Waals surface area contributed by atoms with E-state index in [0.717, 1.165) is 12.1 Å². The van der Waals surface area contributed by atoms with Gasteiger partial charge >= 0.3 is 0 Å². The van der Waals surface area contributed by atoms with Gasteiger partial charge in [0.1, 0.15) is 5.75 Å². The average molecular weight is 271 g/mol. The topological polar surface area (TPSA) is 55.4 Å². The van der Waals surface area contributed by atoms with E-state index in [9.17, 15) is 8.42 Å². The van der Waals surface area contributed by atoms with E-state index in [0.29, 0.717) is 17.4 Å². The van der Waals surface area contributed by atoms with Crippen LogP contribution < -0.4 is 10.1 Å². The molecular formula is C13H21NO3S. The predicted molar refractivity (Wildman–Crippen MR) is 73.5 cm³/mol. The van der Waals surface area contributed by atoms with Gasteiger partial charge in [0.2, 0.25) is 0 Å². The molecule has 0 radical (unpaired) electrons. The Kier molecular flexibility index (Phi) is 5.16. The monoisotopic (exact) mass is 271 g/mol. The van der Waals surface area contributed by atoms with Gasteiger partial charge < -0.3 is 10.1 Å². The molecule has 0 aliphatic heterocycles. The molecule has 0 spiro atoms. The van der Waals surface area contributed by atoms with Crippen molar-refractivity contribution >= 4 is 9.84 Å². The molecule has 0 bridgehead atoms. The second-order valence-corrected chi connectivity index (χ2v) is 6.89. The van der Waals surface area contributed by atoms with E-state index >= 15 is 0 Å². The molecule has 0 aliphatic rings. The molecule has 0 saturated carbocycles. The summed E-state index contributed by atoms with van der Waals surface area (Å²) < 4.78 is 27.9. The summed E-state index contributed by atoms with van der Waals surface area (Å²) >= 11 is 0. The zero-order valence-corrected chi connectivity index (χ0v) is 12.2. The van der Waals surface area contributed by atoms with Gasteiger partial charge in [0.05, 0.1) is 12.9 Å². The Hall–Kier alpha value is -1.07. The van der Waals surface area contributed by atoms with E-state index in [1.807, 2.05) is 18.2 Å². The predicted octanol–water partition coefficient (Wildman–Crippen LogP) is 1.74. The SMILES string of the molecule is COc1ccc(CNC(C)C)cc1CS(C)(=O)=O. The first-order valence-electron chi connectivity index (χ1n) is 5.88. The molecule has 0 saturated heterocycles. The highest BCUT2D eigenvalue weighted by molar-refractivity contribution is 7.89. The quantitative estimate of drug-likeness (QED) is 0.856. The third-order valence-electron chi connectivity index (χ3n) is 2.48. The lowest BCUT2D eigenvalue weighted by molar-refractivity contribution is 0.410. The van der Waals surface area contributed by atoms with Gasteiger partial charge in [-0.15, -0.1) is 0 Å². The molecule has 0 atom stereocenters. The summed E-state index contributed by atoms with van der Waals surface area (Å²) in [5.41, 5.74) is 1.77. The molecular weight excluding hydrogens is 250 g/mol. The second-order valence-electron chi connectivity index (χ2n) is 4.75. The minimum Gasteiger partial charge on any atom is -0.496 e. The number of hydrogen-bond donors (Lipinski definition) is 1. The fourth-order valence-electron chi connectivity index (χ4n) is 1.66. The first kappa shape index (κ1) is 15.0. The number of sulfone groups is 1. The molecule has 5 heteroatoms. The van der Waals surface area contributed by atoms with Crippen molar-refractivity contribution in [2.75, 3.05) is 13.4 Å². The van der Waals surface area contributed by atoms with Crippen molar-refractivity contribution in [3.8, 4) is 5.75 Å². The van der Waals surface area contributed by atoms with Gasteiger partial charge in [0.25, 0.3) is 0 Å². The van der Waals surface area contributed by atoms with Crippen LogP contribution in [-0.4, -0.2) is 27.8 Å². The third kappa shape index (κ3) is 5.06. The Morgan fingerprint density at radius 1 is 1.33 bits per heavy atom. The van der Waals surface area contributed by atoms with Crippen molar-refractivity contribution in [2.24, 2.45) is 0 Å². The van der Waals surface area contributed by atoms with Gasteiger partial charge in [0.15, 0.2) is 9.84 Å². The summed E-state index contributed by atoms with van der Waals surface area (Å²) in [6.07, 6.45) is 1.23. The summed E-state index contributed by atoms with van der Waals surface area (Å²) in [6, 6.07) is 6.04. The summed E-state index contributed by atoms with van der Waals surface area (Å²) in [6.45, 7) is 4.86. The lowest BCUT2D eigenvalue weighted by atomic mass is 10.1. The van der Waals surface area contributed by atoms with Crippen molar-refractivity contribution in [3.05, 3.63) is 29.3 Å². The lowest BCUT2D eigenvalue weighted by Crippen LogP contribution is -2.21. The lowest BCUT2D eigenvalue weighted by Gasteiger charge is -2.12. The molecule has 4 nitrogen and oxygen atoms in total. The van der Waals surface area contributed by atoms with E-state index in [4.69, 9.17) is 4.74 Å². The fourth-order valence-corrected chi connectivity index (χ4v) is 2.45. The van der Waals surface area contributed by atoms with Crippen LogP contribution in [0.5, 0.6) is 5.75 Å². The van der Waals surface area contributed by atoms with E-state index in [1.54, 1.807) is 7.11 Å². The highest BCUT2D eigenvalue weighted by atomic mass is 32.2. The van der Waals surface area contributed by atoms with Gasteiger partial charge in [-0.1, -0.05) is 19.9 Å². The minimum atomic E-state index is -3.06. The van der Waals surface area contributed by atoms with E-state index in [-0.39, 0.29) is 5.75 Å². The second kappa shape index (κ2) is 6.20. The van der Waals surface area contributed by atoms with E-state index in [2.05, 4.69) is 19.2 Å². The largest absolute Gasteiger partial charge is 0.496 e. The maximum absolute atomic E-state index is 11.4. The van der Waals surface area contributed by atoms with Crippen molar-refractivity contribution in [1.29, 1.82) is 0 Å². The van der Waals surface area contributed by atoms with E-state index in [1.165, 1.54) is 6.26 Å². The maximum Gasteiger partial charge on any atom is 0.151 e. The van der Waals surface area contributed by atoms with Crippen molar-refractivity contribution < 1.29 is 13.2 Å². The Labute approximate surface area is 109 Å². The van der Waals surface area contributed by atoms with Crippen LogP contribution in [0.25, 0.3) is 0 Å². The first-order valence-corrected chi connectivity index (χ1v) is 7.95. The van der Waals surface area contributed by atoms with Gasteiger partial charge in [-0.05, 0) is 17.7 Å². The average Bonchev–Trinajstić information content (AvgIpc) is 2.24. The van der Waals surface area contributed by atoms with Crippen LogP contribution in [0, 0.1) is 0 Å². The number of rotatable bonds is 6. The summed E-state index contributed by atoms with van der Waals surface area (Å²) in [5.74, 6) is 0.625. The standard InChI is InChI=1S/C13H21NO3S/c1-10(2)14-8-11-5-6-13(17-3)12(7-11)9-18(4,15)16/h5-7,10,14H,8-9H2,1-4H3. The van der Waals surface area contributed by atoms with Crippen LogP contribution in [0.2, 0.25) is 0 Å². The number of ether oxygens (including phenoxy) is 1. The fraction of sp³-hybridized carbons (Fsp3) is 0.538. The zero-order chi connectivity index (χ0) is 13.8.